The molecule has 3 aliphatic carbocycles. The Bertz CT molecular complexity index is 1520. The van der Waals surface area contributed by atoms with Crippen molar-refractivity contribution in [3.8, 4) is 16.9 Å². The van der Waals surface area contributed by atoms with E-state index < -0.39 is 69.7 Å². The van der Waals surface area contributed by atoms with Crippen LogP contribution in [0.4, 0.5) is 5.69 Å². The summed E-state index contributed by atoms with van der Waals surface area (Å²) in [6.07, 6.45) is -1.67. The Morgan fingerprint density at radius 2 is 1.62 bits per heavy atom. The van der Waals surface area contributed by atoms with E-state index in [0.29, 0.717) is 11.1 Å². The number of anilines is 1. The molecule has 1 amide bonds. The van der Waals surface area contributed by atoms with Crippen LogP contribution in [0.3, 0.4) is 0 Å². The highest BCUT2D eigenvalue weighted by Crippen LogP contribution is 2.53. The predicted molar refractivity (Wildman–Crippen MR) is 145 cm³/mol. The van der Waals surface area contributed by atoms with Gasteiger partial charge in [-0.2, -0.15) is 0 Å². The second-order valence-corrected chi connectivity index (χ2v) is 11.0. The zero-order valence-electron chi connectivity index (χ0n) is 22.4. The van der Waals surface area contributed by atoms with Gasteiger partial charge in [0.2, 0.25) is 5.78 Å². The van der Waals surface area contributed by atoms with E-state index in [4.69, 9.17) is 5.73 Å². The van der Waals surface area contributed by atoms with Crippen molar-refractivity contribution in [2.75, 3.05) is 33.1 Å². The standard InChI is InChI=1S/C29H31N3O8/c1-31(2)13-7-5-12(6-8-13)14-9-10-17(33)18-15(14)11-16-19(24(18)35)26(37)29(40)21(23(16)34)22(32(3)4)25(36)20(27(29)38)28(30)39/h5-10,16,21-23,33-35,38,40H,11H2,1-4H3,(H2,30,39)/t16-,21-,22+,23+,29+/m1/s1. The summed E-state index contributed by atoms with van der Waals surface area (Å²) in [4.78, 5) is 42.6. The second-order valence-electron chi connectivity index (χ2n) is 11.0. The smallest absolute Gasteiger partial charge is 0.255 e. The minimum absolute atomic E-state index is 0.0329. The number of aliphatic hydroxyl groups is 4. The SMILES string of the molecule is CN(C)c1ccc(-c2ccc(O)c3c2C[C@@H]2C(=C3O)C(=O)[C@]3(O)C(O)=C(C(N)=O)C(=O)[C@@H](N(C)C)[C@@H]3[C@H]2O)cc1. The Morgan fingerprint density at radius 1 is 1.00 bits per heavy atom. The van der Waals surface area contributed by atoms with Crippen molar-refractivity contribution in [3.05, 3.63) is 64.4 Å². The first-order valence-corrected chi connectivity index (χ1v) is 12.7. The van der Waals surface area contributed by atoms with Gasteiger partial charge < -0.3 is 36.2 Å². The molecule has 0 heterocycles. The number of primary amides is 1. The number of nitrogens with two attached hydrogens (primary N) is 1. The van der Waals surface area contributed by atoms with Crippen molar-refractivity contribution < 1.29 is 39.9 Å². The Balaban J connectivity index is 1.75. The topological polar surface area (TPSA) is 185 Å². The third kappa shape index (κ3) is 3.58. The summed E-state index contributed by atoms with van der Waals surface area (Å²) in [5.74, 6) is -8.43. The summed E-state index contributed by atoms with van der Waals surface area (Å²) in [5, 5.41) is 56.5. The predicted octanol–water partition coefficient (Wildman–Crippen LogP) is 0.668. The molecule has 11 heteroatoms. The lowest BCUT2D eigenvalue weighted by molar-refractivity contribution is -0.168. The summed E-state index contributed by atoms with van der Waals surface area (Å²) in [7, 11) is 6.74. The van der Waals surface area contributed by atoms with Gasteiger partial charge in [-0.3, -0.25) is 19.3 Å². The number of hydrogen-bond acceptors (Lipinski definition) is 10. The van der Waals surface area contributed by atoms with Gasteiger partial charge in [0, 0.05) is 31.3 Å². The van der Waals surface area contributed by atoms with Crippen LogP contribution in [0, 0.1) is 11.8 Å². The molecule has 40 heavy (non-hydrogen) atoms. The Kier molecular flexibility index (Phi) is 6.29. The third-order valence-electron chi connectivity index (χ3n) is 8.38. The van der Waals surface area contributed by atoms with Gasteiger partial charge >= 0.3 is 0 Å². The van der Waals surface area contributed by atoms with E-state index in [0.717, 1.165) is 11.3 Å². The third-order valence-corrected chi connectivity index (χ3v) is 8.38. The van der Waals surface area contributed by atoms with Gasteiger partial charge in [-0.1, -0.05) is 18.2 Å². The highest BCUT2D eigenvalue weighted by Gasteiger charge is 2.67. The molecule has 5 atom stereocenters. The molecule has 2 aromatic rings. The number of phenolic OH excluding ortho intramolecular Hbond substituents is 1. The largest absolute Gasteiger partial charge is 0.508 e. The average Bonchev–Trinajstić information content (AvgIpc) is 2.88. The number of ketones is 2. The number of fused-ring (bicyclic) bond motifs is 3. The Morgan fingerprint density at radius 3 is 2.17 bits per heavy atom. The minimum Gasteiger partial charge on any atom is -0.508 e. The number of rotatable bonds is 4. The number of aromatic hydroxyl groups is 1. The van der Waals surface area contributed by atoms with E-state index in [1.165, 1.54) is 25.1 Å². The maximum atomic E-state index is 14.0. The molecular formula is C29H31N3O8. The number of amides is 1. The first kappa shape index (κ1) is 27.4. The van der Waals surface area contributed by atoms with Crippen LogP contribution in [0.5, 0.6) is 5.75 Å². The number of phenols is 1. The zero-order chi connectivity index (χ0) is 29.4. The molecule has 2 aromatic carbocycles. The normalized spacial score (nSPS) is 27.9. The van der Waals surface area contributed by atoms with Crippen molar-refractivity contribution in [2.24, 2.45) is 17.6 Å². The summed E-state index contributed by atoms with van der Waals surface area (Å²) in [6, 6.07) is 9.19. The number of nitrogens with zero attached hydrogens (tertiary/aromatic N) is 2. The fourth-order valence-electron chi connectivity index (χ4n) is 6.47. The van der Waals surface area contributed by atoms with Crippen molar-refractivity contribution in [1.82, 2.24) is 4.90 Å². The molecule has 1 saturated carbocycles. The summed E-state index contributed by atoms with van der Waals surface area (Å²) in [5.41, 5.74) is 3.81. The van der Waals surface area contributed by atoms with Gasteiger partial charge in [0.05, 0.1) is 23.6 Å². The van der Waals surface area contributed by atoms with Gasteiger partial charge in [0.1, 0.15) is 22.8 Å². The first-order valence-electron chi connectivity index (χ1n) is 12.7. The summed E-state index contributed by atoms with van der Waals surface area (Å²) in [6.45, 7) is 0. The van der Waals surface area contributed by atoms with E-state index in [1.807, 2.05) is 43.3 Å². The molecule has 5 rings (SSSR count). The van der Waals surface area contributed by atoms with Crippen LogP contribution in [0.15, 0.2) is 53.3 Å². The van der Waals surface area contributed by atoms with Gasteiger partial charge in [0.25, 0.3) is 5.91 Å². The van der Waals surface area contributed by atoms with Crippen LogP contribution >= 0.6 is 0 Å². The van der Waals surface area contributed by atoms with Crippen LogP contribution < -0.4 is 10.6 Å². The number of carbonyl (C=O) groups is 3. The van der Waals surface area contributed by atoms with Crippen LogP contribution in [0.1, 0.15) is 11.1 Å². The van der Waals surface area contributed by atoms with Crippen molar-refractivity contribution in [2.45, 2.75) is 24.2 Å². The lowest BCUT2D eigenvalue weighted by Crippen LogP contribution is -2.70. The van der Waals surface area contributed by atoms with Crippen LogP contribution in [-0.2, 0) is 20.8 Å². The van der Waals surface area contributed by atoms with Gasteiger partial charge in [-0.15, -0.1) is 0 Å². The highest BCUT2D eigenvalue weighted by atomic mass is 16.4. The van der Waals surface area contributed by atoms with Crippen molar-refractivity contribution >= 4 is 28.9 Å². The lowest BCUT2D eigenvalue weighted by atomic mass is 9.56. The van der Waals surface area contributed by atoms with Gasteiger partial charge in [0.15, 0.2) is 11.4 Å². The van der Waals surface area contributed by atoms with Gasteiger partial charge in [-0.25, -0.2) is 0 Å². The monoisotopic (exact) mass is 549 g/mol. The first-order chi connectivity index (χ1) is 18.7. The fourth-order valence-corrected chi connectivity index (χ4v) is 6.47. The summed E-state index contributed by atoms with van der Waals surface area (Å²) >= 11 is 0. The maximum absolute atomic E-state index is 14.0. The molecule has 7 N–H and O–H groups in total. The molecule has 0 aromatic heterocycles. The molecule has 210 valence electrons. The molecule has 0 saturated heterocycles. The van der Waals surface area contributed by atoms with Crippen LogP contribution in [-0.4, -0.2) is 93.8 Å². The fraction of sp³-hybridized carbons (Fsp3) is 0.345. The number of benzene rings is 2. The van der Waals surface area contributed by atoms with Crippen molar-refractivity contribution in [1.29, 1.82) is 0 Å². The van der Waals surface area contributed by atoms with E-state index >= 15 is 0 Å². The van der Waals surface area contributed by atoms with E-state index in [9.17, 15) is 39.9 Å². The van der Waals surface area contributed by atoms with Crippen molar-refractivity contribution in [3.63, 3.8) is 0 Å². The Hall–Kier alpha value is -4.19. The second kappa shape index (κ2) is 9.19. The lowest BCUT2D eigenvalue weighted by Gasteiger charge is -2.52. The number of Topliss-reactive ketones (excluding diaryl/α,β-unsaturated/α-hetero) is 2. The van der Waals surface area contributed by atoms with E-state index in [-0.39, 0.29) is 17.7 Å². The van der Waals surface area contributed by atoms with E-state index in [2.05, 4.69) is 0 Å². The minimum atomic E-state index is -2.93. The molecule has 11 nitrogen and oxygen atoms in total. The Labute approximate surface area is 230 Å². The average molecular weight is 550 g/mol. The number of aliphatic hydroxyl groups excluding tert-OH is 3. The maximum Gasteiger partial charge on any atom is 0.255 e. The van der Waals surface area contributed by atoms with Gasteiger partial charge in [-0.05, 0) is 55.4 Å². The zero-order valence-corrected chi connectivity index (χ0v) is 22.4. The highest BCUT2D eigenvalue weighted by molar-refractivity contribution is 6.24. The molecule has 3 aliphatic rings. The molecule has 0 aliphatic heterocycles. The number of carbonyl (C=O) groups excluding carboxylic acids is 3. The molecule has 0 bridgehead atoms. The van der Waals surface area contributed by atoms with E-state index in [1.54, 1.807) is 6.07 Å². The molecule has 1 fully saturated rings. The molecule has 0 radical (unpaired) electrons. The molecular weight excluding hydrogens is 518 g/mol. The van der Waals surface area contributed by atoms with Crippen LogP contribution in [0.25, 0.3) is 16.9 Å². The molecule has 0 unspecified atom stereocenters. The summed E-state index contributed by atoms with van der Waals surface area (Å²) < 4.78 is 0. The quantitative estimate of drug-likeness (QED) is 0.296. The number of hydrogen-bond donors (Lipinski definition) is 6. The number of likely N-dealkylation sites (N-methyl/N-ethyl adjacent to an activating group) is 1. The van der Waals surface area contributed by atoms with Crippen LogP contribution in [0.2, 0.25) is 0 Å². The molecule has 0 spiro atoms.